The van der Waals surface area contributed by atoms with Gasteiger partial charge in [0.1, 0.15) is 5.60 Å². The second kappa shape index (κ2) is 3.91. The van der Waals surface area contributed by atoms with Gasteiger partial charge in [0.15, 0.2) is 0 Å². The molecule has 1 saturated heterocycles. The van der Waals surface area contributed by atoms with E-state index in [0.29, 0.717) is 13.0 Å². The van der Waals surface area contributed by atoms with Crippen LogP contribution in [0.25, 0.3) is 0 Å². The Morgan fingerprint density at radius 3 is 2.19 bits per heavy atom. The average molecular weight is 239 g/mol. The highest BCUT2D eigenvalue weighted by Gasteiger charge is 2.52. The normalized spacial score (nSPS) is 26.9. The zero-order chi connectivity index (χ0) is 12.6. The predicted octanol–water partition coefficient (Wildman–Crippen LogP) is 1.87. The van der Waals surface area contributed by atoms with Gasteiger partial charge in [0.05, 0.1) is 0 Å². The van der Waals surface area contributed by atoms with E-state index in [1.807, 2.05) is 0 Å². The summed E-state index contributed by atoms with van der Waals surface area (Å²) in [5.41, 5.74) is -1.60. The quantitative estimate of drug-likeness (QED) is 0.710. The van der Waals surface area contributed by atoms with Crippen molar-refractivity contribution in [3.05, 3.63) is 0 Å². The molecule has 1 fully saturated rings. The molecule has 0 spiro atoms. The van der Waals surface area contributed by atoms with E-state index < -0.39 is 23.2 Å². The number of esters is 1. The van der Waals surface area contributed by atoms with Crippen LogP contribution in [0, 0.1) is 5.41 Å². The summed E-state index contributed by atoms with van der Waals surface area (Å²) in [6.07, 6.45) is -4.53. The number of hydrogen-bond acceptors (Lipinski definition) is 3. The summed E-state index contributed by atoms with van der Waals surface area (Å²) in [7, 11) is 0. The standard InChI is InChI=1S/C10H16F3NO2/c1-8(2,3)9(4-5-14-6-9)16-7(15)10(11,12)13/h14H,4-6H2,1-3H3. The Labute approximate surface area is 92.3 Å². The zero-order valence-corrected chi connectivity index (χ0v) is 9.57. The minimum Gasteiger partial charge on any atom is -0.450 e. The lowest BCUT2D eigenvalue weighted by Gasteiger charge is -2.40. The Balaban J connectivity index is 2.86. The van der Waals surface area contributed by atoms with E-state index in [2.05, 4.69) is 5.32 Å². The minimum absolute atomic E-state index is 0.262. The summed E-state index contributed by atoms with van der Waals surface area (Å²) >= 11 is 0. The van der Waals surface area contributed by atoms with Gasteiger partial charge in [-0.1, -0.05) is 20.8 Å². The number of rotatable bonds is 1. The maximum Gasteiger partial charge on any atom is 0.490 e. The molecule has 0 saturated carbocycles. The fraction of sp³-hybridized carbons (Fsp3) is 0.900. The lowest BCUT2D eigenvalue weighted by atomic mass is 9.75. The van der Waals surface area contributed by atoms with Gasteiger partial charge in [-0.05, 0) is 6.54 Å². The number of carbonyl (C=O) groups excluding carboxylic acids is 1. The van der Waals surface area contributed by atoms with Crippen LogP contribution < -0.4 is 5.32 Å². The van der Waals surface area contributed by atoms with Gasteiger partial charge in [0.2, 0.25) is 0 Å². The molecule has 3 nitrogen and oxygen atoms in total. The van der Waals surface area contributed by atoms with E-state index >= 15 is 0 Å². The molecule has 16 heavy (non-hydrogen) atoms. The van der Waals surface area contributed by atoms with Crippen LogP contribution in [0.4, 0.5) is 13.2 Å². The van der Waals surface area contributed by atoms with E-state index in [-0.39, 0.29) is 6.54 Å². The molecule has 1 unspecified atom stereocenters. The van der Waals surface area contributed by atoms with Crippen molar-refractivity contribution in [2.45, 2.75) is 39.0 Å². The Bertz CT molecular complexity index is 275. The highest BCUT2D eigenvalue weighted by molar-refractivity contribution is 5.76. The maximum atomic E-state index is 12.2. The smallest absolute Gasteiger partial charge is 0.450 e. The van der Waals surface area contributed by atoms with Crippen molar-refractivity contribution >= 4 is 5.97 Å². The fourth-order valence-corrected chi connectivity index (χ4v) is 1.78. The molecular formula is C10H16F3NO2. The second-order valence-corrected chi connectivity index (χ2v) is 5.06. The first-order chi connectivity index (χ1) is 7.08. The van der Waals surface area contributed by atoms with Crippen LogP contribution in [0.1, 0.15) is 27.2 Å². The van der Waals surface area contributed by atoms with Gasteiger partial charge in [-0.2, -0.15) is 13.2 Å². The molecule has 0 radical (unpaired) electrons. The number of hydrogen-bond donors (Lipinski definition) is 1. The lowest BCUT2D eigenvalue weighted by molar-refractivity contribution is -0.221. The van der Waals surface area contributed by atoms with Crippen LogP contribution in [-0.4, -0.2) is 30.8 Å². The molecule has 1 atom stereocenters. The van der Waals surface area contributed by atoms with Crippen molar-refractivity contribution in [3.63, 3.8) is 0 Å². The largest absolute Gasteiger partial charge is 0.490 e. The number of nitrogens with one attached hydrogen (secondary N) is 1. The van der Waals surface area contributed by atoms with Gasteiger partial charge < -0.3 is 10.1 Å². The number of alkyl halides is 3. The first-order valence-corrected chi connectivity index (χ1v) is 5.09. The summed E-state index contributed by atoms with van der Waals surface area (Å²) in [6, 6.07) is 0. The molecular weight excluding hydrogens is 223 g/mol. The summed E-state index contributed by atoms with van der Waals surface area (Å²) < 4.78 is 41.2. The van der Waals surface area contributed by atoms with Crippen molar-refractivity contribution < 1.29 is 22.7 Å². The number of halogens is 3. The monoisotopic (exact) mass is 239 g/mol. The molecule has 6 heteroatoms. The van der Waals surface area contributed by atoms with Crippen molar-refractivity contribution in [2.75, 3.05) is 13.1 Å². The molecule has 1 heterocycles. The Morgan fingerprint density at radius 2 is 1.88 bits per heavy atom. The molecule has 0 aliphatic carbocycles. The second-order valence-electron chi connectivity index (χ2n) is 5.06. The van der Waals surface area contributed by atoms with Gasteiger partial charge in [0, 0.05) is 18.4 Å². The van der Waals surface area contributed by atoms with Crippen LogP contribution >= 0.6 is 0 Å². The van der Waals surface area contributed by atoms with E-state index in [1.54, 1.807) is 20.8 Å². The number of carbonyl (C=O) groups is 1. The van der Waals surface area contributed by atoms with Crippen LogP contribution in [-0.2, 0) is 9.53 Å². The third kappa shape index (κ3) is 2.48. The van der Waals surface area contributed by atoms with Crippen LogP contribution in [0.5, 0.6) is 0 Å². The summed E-state index contributed by atoms with van der Waals surface area (Å²) in [4.78, 5) is 10.9. The van der Waals surface area contributed by atoms with Crippen molar-refractivity contribution in [3.8, 4) is 0 Å². The minimum atomic E-state index is -4.93. The van der Waals surface area contributed by atoms with E-state index in [1.165, 1.54) is 0 Å². The third-order valence-corrected chi connectivity index (χ3v) is 3.00. The Kier molecular flexibility index (Phi) is 3.24. The van der Waals surface area contributed by atoms with Crippen LogP contribution in [0.2, 0.25) is 0 Å². The van der Waals surface area contributed by atoms with Gasteiger partial charge in [-0.25, -0.2) is 4.79 Å². The van der Waals surface area contributed by atoms with Gasteiger partial charge >= 0.3 is 12.1 Å². The highest BCUT2D eigenvalue weighted by atomic mass is 19.4. The molecule has 0 aromatic carbocycles. The van der Waals surface area contributed by atoms with Gasteiger partial charge in [-0.15, -0.1) is 0 Å². The Hall–Kier alpha value is -0.780. The average Bonchev–Trinajstić information content (AvgIpc) is 2.50. The van der Waals surface area contributed by atoms with Gasteiger partial charge in [0.25, 0.3) is 0 Å². The maximum absolute atomic E-state index is 12.2. The summed E-state index contributed by atoms with van der Waals surface area (Å²) in [6.45, 7) is 6.12. The fourth-order valence-electron chi connectivity index (χ4n) is 1.78. The SMILES string of the molecule is CC(C)(C)C1(OC(=O)C(F)(F)F)CCNC1. The van der Waals surface area contributed by atoms with Crippen molar-refractivity contribution in [2.24, 2.45) is 5.41 Å². The van der Waals surface area contributed by atoms with Crippen molar-refractivity contribution in [1.82, 2.24) is 5.32 Å². The molecule has 0 aromatic rings. The molecule has 94 valence electrons. The first-order valence-electron chi connectivity index (χ1n) is 5.09. The molecule has 0 bridgehead atoms. The summed E-state index contributed by atoms with van der Waals surface area (Å²) in [5.74, 6) is -2.11. The molecule has 1 N–H and O–H groups in total. The topological polar surface area (TPSA) is 38.3 Å². The molecule has 1 aliphatic rings. The lowest BCUT2D eigenvalue weighted by Crippen LogP contribution is -2.50. The van der Waals surface area contributed by atoms with Crippen molar-refractivity contribution in [1.29, 1.82) is 0 Å². The molecule has 1 rings (SSSR count). The highest BCUT2D eigenvalue weighted by Crippen LogP contribution is 2.39. The predicted molar refractivity (Wildman–Crippen MR) is 51.8 cm³/mol. The van der Waals surface area contributed by atoms with Crippen LogP contribution in [0.15, 0.2) is 0 Å². The van der Waals surface area contributed by atoms with Gasteiger partial charge in [-0.3, -0.25) is 0 Å². The van der Waals surface area contributed by atoms with E-state index in [9.17, 15) is 18.0 Å². The third-order valence-electron chi connectivity index (χ3n) is 3.00. The Morgan fingerprint density at radius 1 is 1.31 bits per heavy atom. The van der Waals surface area contributed by atoms with Crippen LogP contribution in [0.3, 0.4) is 0 Å². The molecule has 0 aromatic heterocycles. The molecule has 0 amide bonds. The number of ether oxygens (including phenoxy) is 1. The zero-order valence-electron chi connectivity index (χ0n) is 9.57. The molecule has 1 aliphatic heterocycles. The summed E-state index contributed by atoms with van der Waals surface area (Å²) in [5, 5.41) is 2.93. The van der Waals surface area contributed by atoms with E-state index in [4.69, 9.17) is 4.74 Å². The first kappa shape index (κ1) is 13.3. The van der Waals surface area contributed by atoms with E-state index in [0.717, 1.165) is 0 Å².